The van der Waals surface area contributed by atoms with Gasteiger partial charge in [-0.3, -0.25) is 18.7 Å². The number of nitrogens with one attached hydrogen (secondary N) is 1. The van der Waals surface area contributed by atoms with Crippen molar-refractivity contribution in [2.75, 3.05) is 5.32 Å². The predicted octanol–water partition coefficient (Wildman–Crippen LogP) is 3.10. The average molecular weight is 430 g/mol. The molecule has 2 aromatic carbocycles. The van der Waals surface area contributed by atoms with Crippen LogP contribution < -0.4 is 11.0 Å². The van der Waals surface area contributed by atoms with E-state index in [-0.39, 0.29) is 24.3 Å². The van der Waals surface area contributed by atoms with Gasteiger partial charge >= 0.3 is 11.7 Å². The molecule has 0 fully saturated rings. The number of hydrogen-bond acceptors (Lipinski definition) is 4. The van der Waals surface area contributed by atoms with E-state index in [1.165, 1.54) is 0 Å². The lowest BCUT2D eigenvalue weighted by Crippen LogP contribution is -2.25. The first-order chi connectivity index (χ1) is 15.5. The largest absolute Gasteiger partial charge is 0.481 e. The molecule has 0 unspecified atom stereocenters. The maximum atomic E-state index is 13.3. The van der Waals surface area contributed by atoms with Crippen LogP contribution >= 0.6 is 0 Å². The number of fused-ring (bicyclic) bond motifs is 1. The summed E-state index contributed by atoms with van der Waals surface area (Å²) in [4.78, 5) is 40.6. The average Bonchev–Trinajstić information content (AvgIpc) is 3.04. The van der Waals surface area contributed by atoms with Gasteiger partial charge in [0.25, 0.3) is 0 Å². The molecule has 0 radical (unpaired) electrons. The van der Waals surface area contributed by atoms with E-state index >= 15 is 0 Å². The Kier molecular flexibility index (Phi) is 6.12. The molecular formula is C24H22N4O4. The Bertz CT molecular complexity index is 1310. The van der Waals surface area contributed by atoms with Gasteiger partial charge < -0.3 is 10.4 Å². The number of benzene rings is 2. The Morgan fingerprint density at radius 2 is 1.41 bits per heavy atom. The zero-order valence-corrected chi connectivity index (χ0v) is 17.3. The molecule has 8 heteroatoms. The van der Waals surface area contributed by atoms with Gasteiger partial charge in [-0.2, -0.15) is 0 Å². The minimum Gasteiger partial charge on any atom is -0.481 e. The second-order valence-corrected chi connectivity index (χ2v) is 7.41. The van der Waals surface area contributed by atoms with Crippen LogP contribution in [-0.4, -0.2) is 31.1 Å². The SMILES string of the molecule is O=C(O)CCC(=O)Nc1ccc2c(n1)n(Cc1ccccc1)c(=O)n2Cc1ccccc1. The standard InChI is InChI=1S/C24H22N4O4/c29-21(13-14-22(30)31)25-20-12-11-19-23(26-20)28(16-18-9-5-2-6-10-18)24(32)27(19)15-17-7-3-1-4-8-17/h1-12H,13-16H2,(H,30,31)(H,25,26,29). The molecule has 0 saturated carbocycles. The minimum absolute atomic E-state index is 0.152. The van der Waals surface area contributed by atoms with Gasteiger partial charge in [0, 0.05) is 6.42 Å². The van der Waals surface area contributed by atoms with Crippen LogP contribution in [0.2, 0.25) is 0 Å². The molecule has 0 bridgehead atoms. The molecule has 0 atom stereocenters. The summed E-state index contributed by atoms with van der Waals surface area (Å²) in [6.07, 6.45) is -0.416. The first kappa shape index (κ1) is 21.0. The van der Waals surface area contributed by atoms with Crippen LogP contribution in [0.4, 0.5) is 5.82 Å². The van der Waals surface area contributed by atoms with Crippen molar-refractivity contribution < 1.29 is 14.7 Å². The predicted molar refractivity (Wildman–Crippen MR) is 121 cm³/mol. The maximum Gasteiger partial charge on any atom is 0.330 e. The van der Waals surface area contributed by atoms with Crippen LogP contribution in [0.1, 0.15) is 24.0 Å². The highest BCUT2D eigenvalue weighted by Gasteiger charge is 2.17. The highest BCUT2D eigenvalue weighted by atomic mass is 16.4. The summed E-state index contributed by atoms with van der Waals surface area (Å²) in [5.41, 5.74) is 2.84. The van der Waals surface area contributed by atoms with Crippen molar-refractivity contribution >= 4 is 28.9 Å². The number of rotatable bonds is 8. The molecule has 2 heterocycles. The van der Waals surface area contributed by atoms with E-state index in [0.717, 1.165) is 11.1 Å². The highest BCUT2D eigenvalue weighted by molar-refractivity contribution is 5.92. The zero-order chi connectivity index (χ0) is 22.5. The van der Waals surface area contributed by atoms with Gasteiger partial charge in [-0.15, -0.1) is 0 Å². The third-order valence-corrected chi connectivity index (χ3v) is 5.06. The summed E-state index contributed by atoms with van der Waals surface area (Å²) >= 11 is 0. The second-order valence-electron chi connectivity index (χ2n) is 7.41. The third-order valence-electron chi connectivity index (χ3n) is 5.06. The number of carbonyl (C=O) groups excluding carboxylic acids is 1. The van der Waals surface area contributed by atoms with E-state index in [0.29, 0.717) is 24.3 Å². The fourth-order valence-electron chi connectivity index (χ4n) is 3.51. The number of amides is 1. The van der Waals surface area contributed by atoms with Gasteiger partial charge in [-0.05, 0) is 23.3 Å². The Labute approximate surface area is 183 Å². The van der Waals surface area contributed by atoms with E-state index in [1.807, 2.05) is 60.7 Å². The molecule has 1 amide bonds. The molecule has 2 N–H and O–H groups in total. The maximum absolute atomic E-state index is 13.3. The first-order valence-electron chi connectivity index (χ1n) is 10.2. The molecule has 32 heavy (non-hydrogen) atoms. The van der Waals surface area contributed by atoms with Crippen molar-refractivity contribution in [2.24, 2.45) is 0 Å². The van der Waals surface area contributed by atoms with Gasteiger partial charge in [0.05, 0.1) is 25.0 Å². The summed E-state index contributed by atoms with van der Waals surface area (Å²) in [6, 6.07) is 22.6. The third kappa shape index (κ3) is 4.75. The van der Waals surface area contributed by atoms with Crippen LogP contribution in [0.15, 0.2) is 77.6 Å². The summed E-state index contributed by atoms with van der Waals surface area (Å²) in [5.74, 6) is -1.22. The second kappa shape index (κ2) is 9.30. The smallest absolute Gasteiger partial charge is 0.330 e. The number of carboxylic acids is 1. The van der Waals surface area contributed by atoms with Crippen molar-refractivity contribution in [3.05, 3.63) is 94.4 Å². The fraction of sp³-hybridized carbons (Fsp3) is 0.167. The number of pyridine rings is 1. The van der Waals surface area contributed by atoms with Crippen molar-refractivity contribution in [3.63, 3.8) is 0 Å². The van der Waals surface area contributed by atoms with E-state index in [1.54, 1.807) is 21.3 Å². The Morgan fingerprint density at radius 3 is 2.00 bits per heavy atom. The minimum atomic E-state index is -1.04. The molecular weight excluding hydrogens is 408 g/mol. The van der Waals surface area contributed by atoms with Crippen molar-refractivity contribution in [1.29, 1.82) is 0 Å². The van der Waals surface area contributed by atoms with Crippen LogP contribution in [0.3, 0.4) is 0 Å². The van der Waals surface area contributed by atoms with Crippen molar-refractivity contribution in [3.8, 4) is 0 Å². The Balaban J connectivity index is 1.73. The topological polar surface area (TPSA) is 106 Å². The fourth-order valence-corrected chi connectivity index (χ4v) is 3.51. The normalized spacial score (nSPS) is 10.9. The molecule has 0 aliphatic heterocycles. The Morgan fingerprint density at radius 1 is 0.812 bits per heavy atom. The van der Waals surface area contributed by atoms with Crippen LogP contribution in [-0.2, 0) is 22.7 Å². The molecule has 0 aliphatic carbocycles. The number of anilines is 1. The number of nitrogens with zero attached hydrogens (tertiary/aromatic N) is 3. The first-order valence-corrected chi connectivity index (χ1v) is 10.2. The van der Waals surface area contributed by atoms with Gasteiger partial charge in [0.2, 0.25) is 5.91 Å². The summed E-state index contributed by atoms with van der Waals surface area (Å²) in [7, 11) is 0. The molecule has 2 aromatic heterocycles. The van der Waals surface area contributed by atoms with E-state index < -0.39 is 11.9 Å². The van der Waals surface area contributed by atoms with Gasteiger partial charge in [-0.25, -0.2) is 9.78 Å². The monoisotopic (exact) mass is 430 g/mol. The van der Waals surface area contributed by atoms with Gasteiger partial charge in [-0.1, -0.05) is 60.7 Å². The quantitative estimate of drug-likeness (QED) is 0.447. The molecule has 0 spiro atoms. The molecule has 4 aromatic rings. The summed E-state index contributed by atoms with van der Waals surface area (Å²) < 4.78 is 3.25. The van der Waals surface area contributed by atoms with E-state index in [2.05, 4.69) is 10.3 Å². The molecule has 0 saturated heterocycles. The number of hydrogen-bond donors (Lipinski definition) is 2. The number of aliphatic carboxylic acids is 1. The van der Waals surface area contributed by atoms with E-state index in [9.17, 15) is 14.4 Å². The van der Waals surface area contributed by atoms with Crippen LogP contribution in [0.25, 0.3) is 11.2 Å². The molecule has 4 rings (SSSR count). The number of carbonyl (C=O) groups is 2. The lowest BCUT2D eigenvalue weighted by Gasteiger charge is -2.06. The van der Waals surface area contributed by atoms with Crippen LogP contribution in [0.5, 0.6) is 0 Å². The summed E-state index contributed by atoms with van der Waals surface area (Å²) in [5, 5.41) is 11.4. The lowest BCUT2D eigenvalue weighted by atomic mass is 10.2. The van der Waals surface area contributed by atoms with Crippen molar-refractivity contribution in [2.45, 2.75) is 25.9 Å². The summed E-state index contributed by atoms with van der Waals surface area (Å²) in [6.45, 7) is 0.728. The molecule has 162 valence electrons. The zero-order valence-electron chi connectivity index (χ0n) is 17.3. The Hall–Kier alpha value is -4.20. The number of carboxylic acid groups (broad SMARTS) is 1. The van der Waals surface area contributed by atoms with E-state index in [4.69, 9.17) is 5.11 Å². The highest BCUT2D eigenvalue weighted by Crippen LogP contribution is 2.18. The lowest BCUT2D eigenvalue weighted by molar-refractivity contribution is -0.138. The number of aromatic nitrogens is 3. The van der Waals surface area contributed by atoms with Crippen LogP contribution in [0, 0.1) is 0 Å². The van der Waals surface area contributed by atoms with Crippen molar-refractivity contribution in [1.82, 2.24) is 14.1 Å². The van der Waals surface area contributed by atoms with Gasteiger partial charge in [0.15, 0.2) is 5.65 Å². The number of imidazole rings is 1. The van der Waals surface area contributed by atoms with Gasteiger partial charge in [0.1, 0.15) is 5.82 Å². The molecule has 8 nitrogen and oxygen atoms in total. The molecule has 0 aliphatic rings.